The Morgan fingerprint density at radius 3 is 2.61 bits per heavy atom. The summed E-state index contributed by atoms with van der Waals surface area (Å²) in [6.45, 7) is 3.02. The molecular weight excluding hydrogens is 405 g/mol. The van der Waals surface area contributed by atoms with Crippen LogP contribution in [-0.2, 0) is 9.53 Å². The van der Waals surface area contributed by atoms with Crippen LogP contribution in [0.5, 0.6) is 0 Å². The van der Waals surface area contributed by atoms with Crippen molar-refractivity contribution in [2.45, 2.75) is 20.0 Å². The van der Waals surface area contributed by atoms with Gasteiger partial charge in [-0.15, -0.1) is 0 Å². The molecule has 0 unspecified atom stereocenters. The summed E-state index contributed by atoms with van der Waals surface area (Å²) in [6.07, 6.45) is 0.223. The fraction of sp³-hybridized carbons (Fsp3) is 0.158. The highest BCUT2D eigenvalue weighted by Crippen LogP contribution is 2.24. The molecule has 2 aromatic heterocycles. The average Bonchev–Trinajstić information content (AvgIpc) is 3.06. The lowest BCUT2D eigenvalue weighted by molar-refractivity contribution is -0.123. The lowest BCUT2D eigenvalue weighted by Gasteiger charge is -2.13. The van der Waals surface area contributed by atoms with Gasteiger partial charge < -0.3 is 14.5 Å². The summed E-state index contributed by atoms with van der Waals surface area (Å²) >= 11 is 11.7. The minimum atomic E-state index is -1.11. The first-order valence-electron chi connectivity index (χ1n) is 8.21. The van der Waals surface area contributed by atoms with E-state index in [1.165, 1.54) is 19.2 Å². The number of carbonyl (C=O) groups excluding carboxylic acids is 2. The number of hydrogen-bond acceptors (Lipinski definition) is 6. The summed E-state index contributed by atoms with van der Waals surface area (Å²) in [5, 5.41) is 2.98. The zero-order valence-electron chi connectivity index (χ0n) is 14.9. The third kappa shape index (κ3) is 4.49. The van der Waals surface area contributed by atoms with E-state index >= 15 is 0 Å². The van der Waals surface area contributed by atoms with Gasteiger partial charge in [-0.1, -0.05) is 41.4 Å². The lowest BCUT2D eigenvalue weighted by Crippen LogP contribution is -2.30. The van der Waals surface area contributed by atoms with E-state index in [0.29, 0.717) is 16.7 Å². The Morgan fingerprint density at radius 1 is 1.21 bits per heavy atom. The maximum absolute atomic E-state index is 12.4. The van der Waals surface area contributed by atoms with Gasteiger partial charge in [-0.2, -0.15) is 0 Å². The van der Waals surface area contributed by atoms with E-state index in [0.717, 1.165) is 5.56 Å². The van der Waals surface area contributed by atoms with Gasteiger partial charge in [0.05, 0.1) is 10.0 Å². The van der Waals surface area contributed by atoms with E-state index in [4.69, 9.17) is 32.4 Å². The minimum absolute atomic E-state index is 0.00107. The molecule has 2 heterocycles. The molecule has 3 aromatic rings. The first kappa shape index (κ1) is 19.9. The summed E-state index contributed by atoms with van der Waals surface area (Å²) < 4.78 is 10.7. The number of oxazole rings is 1. The Hall–Kier alpha value is -2.90. The molecule has 144 valence electrons. The molecule has 0 radical (unpaired) electrons. The summed E-state index contributed by atoms with van der Waals surface area (Å²) in [6, 6.07) is 10.6. The van der Waals surface area contributed by atoms with Gasteiger partial charge in [0.15, 0.2) is 17.6 Å². The number of aryl methyl sites for hydroxylation is 1. The van der Waals surface area contributed by atoms with E-state index in [9.17, 15) is 9.59 Å². The number of amides is 1. The number of aromatic nitrogens is 2. The molecule has 0 spiro atoms. The number of nitrogens with zero attached hydrogens (tertiary/aromatic N) is 2. The molecule has 0 aliphatic heterocycles. The van der Waals surface area contributed by atoms with Crippen molar-refractivity contribution in [3.05, 3.63) is 64.1 Å². The number of benzene rings is 1. The Balaban J connectivity index is 1.68. The molecule has 0 saturated heterocycles. The van der Waals surface area contributed by atoms with Gasteiger partial charge in [0.25, 0.3) is 5.91 Å². The molecule has 0 bridgehead atoms. The lowest BCUT2D eigenvalue weighted by atomic mass is 10.2. The molecule has 0 fully saturated rings. The summed E-state index contributed by atoms with van der Waals surface area (Å²) in [5.74, 6) is -0.683. The van der Waals surface area contributed by atoms with Crippen LogP contribution in [0.4, 0.5) is 5.82 Å². The average molecular weight is 420 g/mol. The number of rotatable bonds is 5. The predicted molar refractivity (Wildman–Crippen MR) is 104 cm³/mol. The minimum Gasteiger partial charge on any atom is -0.448 e. The molecule has 7 nitrogen and oxygen atoms in total. The van der Waals surface area contributed by atoms with Crippen LogP contribution in [0.2, 0.25) is 10.0 Å². The maximum atomic E-state index is 12.4. The molecule has 0 aliphatic carbocycles. The van der Waals surface area contributed by atoms with Gasteiger partial charge in [0.2, 0.25) is 5.89 Å². The number of nitrogens with one attached hydrogen (secondary N) is 1. The number of halogens is 2. The first-order chi connectivity index (χ1) is 13.3. The topological polar surface area (TPSA) is 94.3 Å². The highest BCUT2D eigenvalue weighted by molar-refractivity contribution is 6.36. The molecule has 9 heteroatoms. The van der Waals surface area contributed by atoms with Crippen LogP contribution in [0.1, 0.15) is 23.2 Å². The molecule has 1 aromatic carbocycles. The highest BCUT2D eigenvalue weighted by atomic mass is 35.5. The number of esters is 1. The normalized spacial score (nSPS) is 11.7. The summed E-state index contributed by atoms with van der Waals surface area (Å²) in [5.41, 5.74) is 0.722. The van der Waals surface area contributed by atoms with Crippen molar-refractivity contribution >= 4 is 40.9 Å². The molecule has 3 rings (SSSR count). The molecule has 1 atom stereocenters. The van der Waals surface area contributed by atoms with Gasteiger partial charge in [0.1, 0.15) is 5.76 Å². The van der Waals surface area contributed by atoms with Crippen LogP contribution < -0.4 is 5.32 Å². The third-order valence-electron chi connectivity index (χ3n) is 3.71. The number of anilines is 1. The number of pyridine rings is 1. The van der Waals surface area contributed by atoms with E-state index in [1.54, 1.807) is 19.1 Å². The molecule has 1 N–H and O–H groups in total. The maximum Gasteiger partial charge on any atom is 0.361 e. The van der Waals surface area contributed by atoms with Crippen molar-refractivity contribution in [3.8, 4) is 11.5 Å². The Morgan fingerprint density at radius 2 is 1.93 bits per heavy atom. The van der Waals surface area contributed by atoms with Gasteiger partial charge in [0, 0.05) is 11.8 Å². The van der Waals surface area contributed by atoms with Crippen LogP contribution in [0.15, 0.2) is 47.0 Å². The number of hydrogen-bond donors (Lipinski definition) is 1. The van der Waals surface area contributed by atoms with Gasteiger partial charge in [-0.25, -0.2) is 14.8 Å². The largest absolute Gasteiger partial charge is 0.448 e. The van der Waals surface area contributed by atoms with Crippen molar-refractivity contribution in [1.29, 1.82) is 0 Å². The van der Waals surface area contributed by atoms with Crippen LogP contribution >= 0.6 is 23.2 Å². The van der Waals surface area contributed by atoms with Crippen LogP contribution in [0.25, 0.3) is 11.5 Å². The Kier molecular flexibility index (Phi) is 5.96. The predicted octanol–water partition coefficient (Wildman–Crippen LogP) is 4.54. The second-order valence-corrected chi connectivity index (χ2v) is 6.65. The van der Waals surface area contributed by atoms with Gasteiger partial charge >= 0.3 is 5.97 Å². The van der Waals surface area contributed by atoms with E-state index in [1.807, 2.05) is 18.2 Å². The van der Waals surface area contributed by atoms with Crippen LogP contribution in [0.3, 0.4) is 0 Å². The van der Waals surface area contributed by atoms with Gasteiger partial charge in [-0.3, -0.25) is 4.79 Å². The Bertz CT molecular complexity index is 1020. The fourth-order valence-electron chi connectivity index (χ4n) is 2.28. The molecule has 0 aliphatic rings. The molecule has 28 heavy (non-hydrogen) atoms. The van der Waals surface area contributed by atoms with Crippen molar-refractivity contribution in [2.24, 2.45) is 0 Å². The highest BCUT2D eigenvalue weighted by Gasteiger charge is 2.25. The second kappa shape index (κ2) is 8.41. The first-order valence-corrected chi connectivity index (χ1v) is 8.96. The van der Waals surface area contributed by atoms with Crippen molar-refractivity contribution in [3.63, 3.8) is 0 Å². The SMILES string of the molecule is Cc1oc(-c2ccccc2)nc1C(=O)O[C@H](C)C(=O)Nc1ncc(Cl)cc1Cl. The molecule has 1 amide bonds. The monoisotopic (exact) mass is 419 g/mol. The fourth-order valence-corrected chi connectivity index (χ4v) is 2.71. The van der Waals surface area contributed by atoms with Crippen molar-refractivity contribution in [1.82, 2.24) is 9.97 Å². The van der Waals surface area contributed by atoms with Crippen molar-refractivity contribution < 1.29 is 18.7 Å². The number of carbonyl (C=O) groups is 2. The zero-order valence-corrected chi connectivity index (χ0v) is 16.4. The van der Waals surface area contributed by atoms with E-state index in [2.05, 4.69) is 15.3 Å². The number of ether oxygens (including phenoxy) is 1. The third-order valence-corrected chi connectivity index (χ3v) is 4.21. The van der Waals surface area contributed by atoms with Gasteiger partial charge in [-0.05, 0) is 32.0 Å². The standard InChI is InChI=1S/C19H15Cl2N3O4/c1-10-15(23-18(27-10)12-6-4-3-5-7-12)19(26)28-11(2)17(25)24-16-14(21)8-13(20)9-22-16/h3-9,11H,1-2H3,(H,22,24,25)/t11-/m1/s1. The smallest absolute Gasteiger partial charge is 0.361 e. The van der Waals surface area contributed by atoms with E-state index < -0.39 is 18.0 Å². The molecule has 0 saturated carbocycles. The van der Waals surface area contributed by atoms with Crippen LogP contribution in [-0.4, -0.2) is 27.9 Å². The van der Waals surface area contributed by atoms with E-state index in [-0.39, 0.29) is 16.5 Å². The zero-order chi connectivity index (χ0) is 20.3. The summed E-state index contributed by atoms with van der Waals surface area (Å²) in [7, 11) is 0. The molecular formula is C19H15Cl2N3O4. The van der Waals surface area contributed by atoms with Crippen LogP contribution in [0, 0.1) is 6.92 Å². The second-order valence-electron chi connectivity index (χ2n) is 5.81. The Labute approximate surface area is 170 Å². The quantitative estimate of drug-likeness (QED) is 0.610. The van der Waals surface area contributed by atoms with Crippen molar-refractivity contribution in [2.75, 3.05) is 5.32 Å². The summed E-state index contributed by atoms with van der Waals surface area (Å²) in [4.78, 5) is 32.8.